The first-order chi connectivity index (χ1) is 7.00. The number of ether oxygens (including phenoxy) is 2. The molecule has 0 aliphatic carbocycles. The lowest BCUT2D eigenvalue weighted by atomic mass is 9.94. The van der Waals surface area contributed by atoms with Crippen molar-refractivity contribution in [1.82, 2.24) is 0 Å². The molecule has 0 saturated carbocycles. The van der Waals surface area contributed by atoms with Gasteiger partial charge in [0.25, 0.3) is 0 Å². The normalized spacial score (nSPS) is 23.1. The second-order valence-electron chi connectivity index (χ2n) is 4.55. The predicted molar refractivity (Wildman–Crippen MR) is 59.2 cm³/mol. The molecule has 1 aliphatic heterocycles. The largest absolute Gasteiger partial charge is 1.00 e. The van der Waals surface area contributed by atoms with E-state index in [0.717, 1.165) is 11.5 Å². The van der Waals surface area contributed by atoms with Crippen LogP contribution in [0.5, 0.6) is 11.5 Å². The van der Waals surface area contributed by atoms with Gasteiger partial charge in [-0.2, -0.15) is 0 Å². The van der Waals surface area contributed by atoms with Crippen LogP contribution < -0.4 is 27.6 Å². The molecule has 0 radical (unpaired) electrons. The van der Waals surface area contributed by atoms with Gasteiger partial charge >= 0.3 is 0 Å². The van der Waals surface area contributed by atoms with E-state index in [-0.39, 0.29) is 30.2 Å². The Morgan fingerprint density at radius 2 is 1.81 bits per heavy atom. The SMILES string of the molecule is CC(N)C1Oc2ccccc2OC1(C)C.[Cl-]. The van der Waals surface area contributed by atoms with E-state index in [1.807, 2.05) is 45.0 Å². The lowest BCUT2D eigenvalue weighted by Gasteiger charge is -2.41. The molecule has 16 heavy (non-hydrogen) atoms. The molecule has 3 nitrogen and oxygen atoms in total. The van der Waals surface area contributed by atoms with Gasteiger partial charge in [0.15, 0.2) is 17.6 Å². The lowest BCUT2D eigenvalue weighted by Crippen LogP contribution is -3.00. The number of fused-ring (bicyclic) bond motifs is 1. The van der Waals surface area contributed by atoms with Crippen molar-refractivity contribution >= 4 is 0 Å². The zero-order chi connectivity index (χ0) is 11.1. The van der Waals surface area contributed by atoms with E-state index in [9.17, 15) is 0 Å². The molecule has 1 aromatic carbocycles. The monoisotopic (exact) mass is 242 g/mol. The molecule has 1 aliphatic rings. The molecule has 2 N–H and O–H groups in total. The molecular weight excluding hydrogens is 226 g/mol. The Morgan fingerprint density at radius 3 is 2.38 bits per heavy atom. The third-order valence-corrected chi connectivity index (χ3v) is 2.64. The average Bonchev–Trinajstić information content (AvgIpc) is 2.14. The summed E-state index contributed by atoms with van der Waals surface area (Å²) >= 11 is 0. The molecule has 0 amide bonds. The third-order valence-electron chi connectivity index (χ3n) is 2.64. The van der Waals surface area contributed by atoms with Crippen molar-refractivity contribution in [1.29, 1.82) is 0 Å². The van der Waals surface area contributed by atoms with Crippen LogP contribution in [0.25, 0.3) is 0 Å². The number of hydrogen-bond acceptors (Lipinski definition) is 3. The summed E-state index contributed by atoms with van der Waals surface area (Å²) in [5.41, 5.74) is 5.51. The summed E-state index contributed by atoms with van der Waals surface area (Å²) in [7, 11) is 0. The van der Waals surface area contributed by atoms with E-state index >= 15 is 0 Å². The quantitative estimate of drug-likeness (QED) is 0.684. The maximum atomic E-state index is 5.89. The van der Waals surface area contributed by atoms with Crippen LogP contribution in [0.3, 0.4) is 0 Å². The number of hydrogen-bond donors (Lipinski definition) is 1. The van der Waals surface area contributed by atoms with Crippen LogP contribution in [0.4, 0.5) is 0 Å². The fourth-order valence-corrected chi connectivity index (χ4v) is 1.99. The van der Waals surface area contributed by atoms with Gasteiger partial charge in [-0.3, -0.25) is 0 Å². The van der Waals surface area contributed by atoms with E-state index in [2.05, 4.69) is 0 Å². The average molecular weight is 243 g/mol. The fourth-order valence-electron chi connectivity index (χ4n) is 1.99. The molecular formula is C12H17ClNO2-. The van der Waals surface area contributed by atoms with E-state index in [4.69, 9.17) is 15.2 Å². The molecule has 0 spiro atoms. The van der Waals surface area contributed by atoms with Gasteiger partial charge in [0, 0.05) is 6.04 Å². The highest BCUT2D eigenvalue weighted by molar-refractivity contribution is 5.42. The molecule has 4 heteroatoms. The molecule has 0 saturated heterocycles. The molecule has 90 valence electrons. The van der Waals surface area contributed by atoms with Crippen LogP contribution >= 0.6 is 0 Å². The van der Waals surface area contributed by atoms with E-state index < -0.39 is 0 Å². The summed E-state index contributed by atoms with van der Waals surface area (Å²) in [5, 5.41) is 0. The molecule has 0 bridgehead atoms. The van der Waals surface area contributed by atoms with Crippen molar-refractivity contribution in [3.05, 3.63) is 24.3 Å². The van der Waals surface area contributed by atoms with Crippen LogP contribution in [0.15, 0.2) is 24.3 Å². The van der Waals surface area contributed by atoms with Crippen molar-refractivity contribution in [2.45, 2.75) is 38.5 Å². The van der Waals surface area contributed by atoms with Crippen molar-refractivity contribution in [2.24, 2.45) is 5.73 Å². The Morgan fingerprint density at radius 1 is 1.25 bits per heavy atom. The Bertz CT molecular complexity index is 366. The van der Waals surface area contributed by atoms with Gasteiger partial charge in [0.05, 0.1) is 0 Å². The van der Waals surface area contributed by atoms with E-state index in [1.54, 1.807) is 0 Å². The van der Waals surface area contributed by atoms with Crippen molar-refractivity contribution in [3.63, 3.8) is 0 Å². The molecule has 2 unspecified atom stereocenters. The number of para-hydroxylation sites is 2. The zero-order valence-electron chi connectivity index (χ0n) is 9.74. The van der Waals surface area contributed by atoms with Crippen molar-refractivity contribution in [2.75, 3.05) is 0 Å². The summed E-state index contributed by atoms with van der Waals surface area (Å²) in [4.78, 5) is 0. The van der Waals surface area contributed by atoms with Gasteiger partial charge in [-0.1, -0.05) is 12.1 Å². The Labute approximate surface area is 102 Å². The fraction of sp³-hybridized carbons (Fsp3) is 0.500. The first kappa shape index (κ1) is 13.1. The van der Waals surface area contributed by atoms with Gasteiger partial charge in [0.2, 0.25) is 0 Å². The van der Waals surface area contributed by atoms with Crippen LogP contribution in [0.1, 0.15) is 20.8 Å². The van der Waals surface area contributed by atoms with Gasteiger partial charge in [-0.15, -0.1) is 0 Å². The summed E-state index contributed by atoms with van der Waals surface area (Å²) in [5.74, 6) is 1.57. The summed E-state index contributed by atoms with van der Waals surface area (Å²) in [6.07, 6.45) is -0.118. The first-order valence-electron chi connectivity index (χ1n) is 5.21. The lowest BCUT2D eigenvalue weighted by molar-refractivity contribution is -0.0509. The van der Waals surface area contributed by atoms with Gasteiger partial charge < -0.3 is 27.6 Å². The molecule has 0 fully saturated rings. The van der Waals surface area contributed by atoms with E-state index in [0.29, 0.717) is 0 Å². The second-order valence-corrected chi connectivity index (χ2v) is 4.55. The smallest absolute Gasteiger partial charge is 0.162 e. The van der Waals surface area contributed by atoms with Crippen molar-refractivity contribution < 1.29 is 21.9 Å². The molecule has 1 heterocycles. The number of nitrogens with two attached hydrogens (primary N) is 1. The van der Waals surface area contributed by atoms with Gasteiger partial charge in [-0.05, 0) is 32.9 Å². The molecule has 2 rings (SSSR count). The standard InChI is InChI=1S/C12H17NO2.ClH/c1-8(13)11-12(2,3)15-10-7-5-4-6-9(10)14-11;/h4-8,11H,13H2,1-3H3;1H/p-1. The Balaban J connectivity index is 0.00000128. The van der Waals surface area contributed by atoms with Crippen LogP contribution in [0, 0.1) is 0 Å². The van der Waals surface area contributed by atoms with E-state index in [1.165, 1.54) is 0 Å². The first-order valence-corrected chi connectivity index (χ1v) is 5.21. The molecule has 2 atom stereocenters. The topological polar surface area (TPSA) is 44.5 Å². The highest BCUT2D eigenvalue weighted by atomic mass is 35.5. The molecule has 0 aromatic heterocycles. The summed E-state index contributed by atoms with van der Waals surface area (Å²) in [6.45, 7) is 5.93. The number of halogens is 1. The van der Waals surface area contributed by atoms with Gasteiger partial charge in [0.1, 0.15) is 5.60 Å². The third kappa shape index (κ3) is 2.25. The maximum Gasteiger partial charge on any atom is 0.162 e. The zero-order valence-corrected chi connectivity index (χ0v) is 10.5. The summed E-state index contributed by atoms with van der Waals surface area (Å²) < 4.78 is 11.7. The Hall–Kier alpha value is -0.930. The van der Waals surface area contributed by atoms with Crippen LogP contribution in [-0.4, -0.2) is 17.7 Å². The highest BCUT2D eigenvalue weighted by Crippen LogP contribution is 2.38. The summed E-state index contributed by atoms with van der Waals surface area (Å²) in [6, 6.07) is 7.62. The minimum atomic E-state index is -0.386. The predicted octanol–water partition coefficient (Wildman–Crippen LogP) is -1.04. The number of rotatable bonds is 1. The van der Waals surface area contributed by atoms with Gasteiger partial charge in [-0.25, -0.2) is 0 Å². The van der Waals surface area contributed by atoms with Crippen LogP contribution in [0.2, 0.25) is 0 Å². The minimum Gasteiger partial charge on any atom is -1.00 e. The highest BCUT2D eigenvalue weighted by Gasteiger charge is 2.40. The second kappa shape index (κ2) is 4.52. The Kier molecular flexibility index (Phi) is 3.71. The number of benzene rings is 1. The molecule has 1 aromatic rings. The maximum absolute atomic E-state index is 5.89. The van der Waals surface area contributed by atoms with Crippen LogP contribution in [-0.2, 0) is 0 Å². The minimum absolute atomic E-state index is 0. The van der Waals surface area contributed by atoms with Crippen molar-refractivity contribution in [3.8, 4) is 11.5 Å².